The van der Waals surface area contributed by atoms with Crippen LogP contribution in [0.15, 0.2) is 37.4 Å². The van der Waals surface area contributed by atoms with Crippen LogP contribution in [0, 0.1) is 29.4 Å². The van der Waals surface area contributed by atoms with Crippen molar-refractivity contribution in [2.24, 2.45) is 17.8 Å². The van der Waals surface area contributed by atoms with Gasteiger partial charge in [0.2, 0.25) is 0 Å². The van der Waals surface area contributed by atoms with Crippen LogP contribution in [0.3, 0.4) is 0 Å². The van der Waals surface area contributed by atoms with E-state index < -0.39 is 0 Å². The Balaban J connectivity index is 1.64. The fourth-order valence-electron chi connectivity index (χ4n) is 5.25. The maximum atomic E-state index is 14.4. The minimum Gasteiger partial charge on any atom is -0.207 e. The SMILES string of the molecule is C=CCCc1c(F)cc(C2CC[C@@H]3C[C@H](CCC=C)CC[C@@H]3C2)cc1F. The van der Waals surface area contributed by atoms with Crippen molar-refractivity contribution in [2.45, 2.75) is 70.1 Å². The van der Waals surface area contributed by atoms with Gasteiger partial charge in [0.1, 0.15) is 11.6 Å². The summed E-state index contributed by atoms with van der Waals surface area (Å²) < 4.78 is 28.8. The smallest absolute Gasteiger partial charge is 0.129 e. The van der Waals surface area contributed by atoms with Gasteiger partial charge in [-0.15, -0.1) is 13.2 Å². The topological polar surface area (TPSA) is 0 Å². The number of hydrogen-bond donors (Lipinski definition) is 0. The van der Waals surface area contributed by atoms with Gasteiger partial charge in [0.15, 0.2) is 0 Å². The molecule has 0 aliphatic heterocycles. The second-order valence-corrected chi connectivity index (χ2v) is 8.37. The molecule has 2 aliphatic carbocycles. The van der Waals surface area contributed by atoms with Crippen LogP contribution < -0.4 is 0 Å². The van der Waals surface area contributed by atoms with Gasteiger partial charge in [-0.25, -0.2) is 8.78 Å². The second kappa shape index (κ2) is 8.97. The van der Waals surface area contributed by atoms with E-state index in [-0.39, 0.29) is 17.2 Å². The lowest BCUT2D eigenvalue weighted by Crippen LogP contribution is -2.30. The summed E-state index contributed by atoms with van der Waals surface area (Å²) in [6.45, 7) is 7.48. The molecule has 0 amide bonds. The predicted octanol–water partition coefficient (Wildman–Crippen LogP) is 7.35. The minimum absolute atomic E-state index is 0.213. The molecule has 1 aromatic rings. The molecule has 0 N–H and O–H groups in total. The first kappa shape index (κ1) is 19.3. The van der Waals surface area contributed by atoms with Crippen molar-refractivity contribution in [3.63, 3.8) is 0 Å². The van der Waals surface area contributed by atoms with E-state index in [4.69, 9.17) is 0 Å². The number of benzene rings is 1. The monoisotopic (exact) mass is 358 g/mol. The Labute approximate surface area is 157 Å². The lowest BCUT2D eigenvalue weighted by atomic mass is 9.63. The van der Waals surface area contributed by atoms with E-state index in [0.717, 1.165) is 42.6 Å². The third-order valence-electron chi connectivity index (χ3n) is 6.73. The van der Waals surface area contributed by atoms with Crippen molar-refractivity contribution in [3.05, 3.63) is 60.2 Å². The summed E-state index contributed by atoms with van der Waals surface area (Å²) in [5, 5.41) is 0. The standard InChI is InChI=1S/C24H32F2/c1-3-5-7-17-9-10-19-14-20(12-11-18(19)13-17)21-15-23(25)22(8-6-4-2)24(26)16-21/h3-4,15-20H,1-2,5-14H2/t17-,18-,19-,20?/m1/s1. The predicted molar refractivity (Wildman–Crippen MR) is 105 cm³/mol. The Morgan fingerprint density at radius 2 is 1.54 bits per heavy atom. The largest absolute Gasteiger partial charge is 0.207 e. The van der Waals surface area contributed by atoms with Crippen molar-refractivity contribution in [3.8, 4) is 0 Å². The van der Waals surface area contributed by atoms with E-state index in [1.54, 1.807) is 18.2 Å². The molecule has 4 atom stereocenters. The quantitative estimate of drug-likeness (QED) is 0.447. The van der Waals surface area contributed by atoms with Gasteiger partial charge >= 0.3 is 0 Å². The number of fused-ring (bicyclic) bond motifs is 1. The first-order valence-corrected chi connectivity index (χ1v) is 10.3. The molecule has 142 valence electrons. The second-order valence-electron chi connectivity index (χ2n) is 8.37. The van der Waals surface area contributed by atoms with Gasteiger partial charge < -0.3 is 0 Å². The van der Waals surface area contributed by atoms with Crippen LogP contribution in [0.4, 0.5) is 8.78 Å². The van der Waals surface area contributed by atoms with Crippen molar-refractivity contribution < 1.29 is 8.78 Å². The van der Waals surface area contributed by atoms with Crippen molar-refractivity contribution in [1.82, 2.24) is 0 Å². The Kier molecular flexibility index (Phi) is 6.67. The fraction of sp³-hybridized carbons (Fsp3) is 0.583. The van der Waals surface area contributed by atoms with Gasteiger partial charge in [0.25, 0.3) is 0 Å². The molecule has 2 fully saturated rings. The maximum absolute atomic E-state index is 14.4. The molecule has 0 heterocycles. The zero-order chi connectivity index (χ0) is 18.5. The number of rotatable bonds is 7. The highest BCUT2D eigenvalue weighted by Crippen LogP contribution is 2.48. The van der Waals surface area contributed by atoms with E-state index >= 15 is 0 Å². The maximum Gasteiger partial charge on any atom is 0.129 e. The van der Waals surface area contributed by atoms with E-state index in [9.17, 15) is 8.78 Å². The van der Waals surface area contributed by atoms with Gasteiger partial charge in [-0.3, -0.25) is 0 Å². The molecule has 3 rings (SSSR count). The Hall–Kier alpha value is -1.44. The lowest BCUT2D eigenvalue weighted by Gasteiger charge is -2.42. The molecule has 1 unspecified atom stereocenters. The van der Waals surface area contributed by atoms with E-state index in [2.05, 4.69) is 13.2 Å². The van der Waals surface area contributed by atoms with Crippen molar-refractivity contribution in [2.75, 3.05) is 0 Å². The molecule has 0 aromatic heterocycles. The Morgan fingerprint density at radius 1 is 0.885 bits per heavy atom. The summed E-state index contributed by atoms with van der Waals surface area (Å²) in [5.74, 6) is 1.97. The molecular formula is C24H32F2. The molecule has 1 aromatic carbocycles. The minimum atomic E-state index is -0.378. The summed E-state index contributed by atoms with van der Waals surface area (Å²) in [6.07, 6.45) is 14.5. The van der Waals surface area contributed by atoms with E-state index in [1.807, 2.05) is 6.08 Å². The summed E-state index contributed by atoms with van der Waals surface area (Å²) in [5.41, 5.74) is 1.08. The summed E-state index contributed by atoms with van der Waals surface area (Å²) in [6, 6.07) is 3.20. The zero-order valence-electron chi connectivity index (χ0n) is 15.9. The third-order valence-corrected chi connectivity index (χ3v) is 6.73. The molecule has 0 saturated heterocycles. The van der Waals surface area contributed by atoms with Crippen molar-refractivity contribution >= 4 is 0 Å². The zero-order valence-corrected chi connectivity index (χ0v) is 15.9. The molecule has 0 radical (unpaired) electrons. The molecule has 0 spiro atoms. The summed E-state index contributed by atoms with van der Waals surface area (Å²) >= 11 is 0. The average Bonchev–Trinajstić information content (AvgIpc) is 2.65. The highest BCUT2D eigenvalue weighted by Gasteiger charge is 2.36. The summed E-state index contributed by atoms with van der Waals surface area (Å²) in [4.78, 5) is 0. The first-order valence-electron chi connectivity index (χ1n) is 10.3. The van der Waals surface area contributed by atoms with Crippen LogP contribution in [0.5, 0.6) is 0 Å². The highest BCUT2D eigenvalue weighted by atomic mass is 19.1. The van der Waals surface area contributed by atoms with Crippen LogP contribution in [-0.2, 0) is 6.42 Å². The first-order chi connectivity index (χ1) is 12.6. The third kappa shape index (κ3) is 4.45. The number of halogens is 2. The molecular weight excluding hydrogens is 326 g/mol. The van der Waals surface area contributed by atoms with Gasteiger partial charge in [0.05, 0.1) is 0 Å². The lowest BCUT2D eigenvalue weighted by molar-refractivity contribution is 0.115. The van der Waals surface area contributed by atoms with Crippen LogP contribution >= 0.6 is 0 Å². The van der Waals surface area contributed by atoms with Crippen LogP contribution in [-0.4, -0.2) is 0 Å². The van der Waals surface area contributed by atoms with E-state index in [0.29, 0.717) is 18.8 Å². The molecule has 26 heavy (non-hydrogen) atoms. The number of allylic oxidation sites excluding steroid dienone is 2. The average molecular weight is 359 g/mol. The van der Waals surface area contributed by atoms with Crippen molar-refractivity contribution in [1.29, 1.82) is 0 Å². The molecule has 2 saturated carbocycles. The fourth-order valence-corrected chi connectivity index (χ4v) is 5.25. The Morgan fingerprint density at radius 3 is 2.23 bits per heavy atom. The normalized spacial score (nSPS) is 28.4. The van der Waals surface area contributed by atoms with Crippen LogP contribution in [0.1, 0.15) is 74.8 Å². The molecule has 2 heteroatoms. The van der Waals surface area contributed by atoms with E-state index in [1.165, 1.54) is 32.1 Å². The molecule has 0 nitrogen and oxygen atoms in total. The summed E-state index contributed by atoms with van der Waals surface area (Å²) in [7, 11) is 0. The van der Waals surface area contributed by atoms with Gasteiger partial charge in [0, 0.05) is 5.56 Å². The van der Waals surface area contributed by atoms with Gasteiger partial charge in [-0.2, -0.15) is 0 Å². The molecule has 0 bridgehead atoms. The number of hydrogen-bond acceptors (Lipinski definition) is 0. The highest BCUT2D eigenvalue weighted by molar-refractivity contribution is 5.29. The Bertz CT molecular complexity index is 610. The van der Waals surface area contributed by atoms with Crippen LogP contribution in [0.2, 0.25) is 0 Å². The van der Waals surface area contributed by atoms with Gasteiger partial charge in [-0.05, 0) is 99.2 Å². The van der Waals surface area contributed by atoms with Gasteiger partial charge in [-0.1, -0.05) is 18.6 Å². The molecule has 2 aliphatic rings. The van der Waals surface area contributed by atoms with Crippen LogP contribution in [0.25, 0.3) is 0 Å².